The molecule has 5 nitrogen and oxygen atoms in total. The summed E-state index contributed by atoms with van der Waals surface area (Å²) < 4.78 is 0. The smallest absolute Gasteiger partial charge is 0.224 e. The van der Waals surface area contributed by atoms with Gasteiger partial charge in [-0.2, -0.15) is 0 Å². The van der Waals surface area contributed by atoms with Crippen molar-refractivity contribution in [3.8, 4) is 0 Å². The number of hydrogen-bond donors (Lipinski definition) is 2. The molecular formula is C17H25N3O2. The predicted octanol–water partition coefficient (Wildman–Crippen LogP) is 1.28. The Bertz CT molecular complexity index is 530. The monoisotopic (exact) mass is 303 g/mol. The van der Waals surface area contributed by atoms with Gasteiger partial charge in [0.15, 0.2) is 0 Å². The predicted molar refractivity (Wildman–Crippen MR) is 86.0 cm³/mol. The lowest BCUT2D eigenvalue weighted by molar-refractivity contribution is -0.128. The summed E-state index contributed by atoms with van der Waals surface area (Å²) in [6, 6.07) is 8.07. The molecule has 120 valence electrons. The summed E-state index contributed by atoms with van der Waals surface area (Å²) in [6.07, 6.45) is 1.62. The lowest BCUT2D eigenvalue weighted by Gasteiger charge is -2.16. The SMILES string of the molecule is CNCC(C)C(=O)NCc1cccc(CN2CCCC2=O)c1. The van der Waals surface area contributed by atoms with E-state index in [1.54, 1.807) is 0 Å². The summed E-state index contributed by atoms with van der Waals surface area (Å²) in [7, 11) is 1.84. The van der Waals surface area contributed by atoms with Gasteiger partial charge in [-0.05, 0) is 24.6 Å². The van der Waals surface area contributed by atoms with E-state index in [-0.39, 0.29) is 17.7 Å². The molecule has 1 atom stereocenters. The summed E-state index contributed by atoms with van der Waals surface area (Å²) in [6.45, 7) is 4.61. The summed E-state index contributed by atoms with van der Waals surface area (Å²) in [5.74, 6) is 0.240. The molecule has 1 heterocycles. The van der Waals surface area contributed by atoms with Crippen LogP contribution in [-0.4, -0.2) is 36.9 Å². The second kappa shape index (κ2) is 7.94. The minimum atomic E-state index is -0.0459. The molecule has 1 aromatic rings. The van der Waals surface area contributed by atoms with Crippen LogP contribution in [0.3, 0.4) is 0 Å². The zero-order valence-corrected chi connectivity index (χ0v) is 13.4. The summed E-state index contributed by atoms with van der Waals surface area (Å²) >= 11 is 0. The molecule has 2 rings (SSSR count). The molecule has 0 radical (unpaired) electrons. The fraction of sp³-hybridized carbons (Fsp3) is 0.529. The van der Waals surface area contributed by atoms with E-state index >= 15 is 0 Å². The second-order valence-electron chi connectivity index (χ2n) is 5.92. The van der Waals surface area contributed by atoms with E-state index in [2.05, 4.69) is 16.7 Å². The molecule has 22 heavy (non-hydrogen) atoms. The summed E-state index contributed by atoms with van der Waals surface area (Å²) in [5.41, 5.74) is 2.18. The van der Waals surface area contributed by atoms with E-state index in [4.69, 9.17) is 0 Å². The molecule has 1 aliphatic rings. The standard InChI is InChI=1S/C17H25N3O2/c1-13(10-18-2)17(22)19-11-14-5-3-6-15(9-14)12-20-8-4-7-16(20)21/h3,5-6,9,13,18H,4,7-8,10-12H2,1-2H3,(H,19,22). The van der Waals surface area contributed by atoms with Gasteiger partial charge in [-0.25, -0.2) is 0 Å². The Kier molecular flexibility index (Phi) is 5.95. The molecule has 0 aromatic heterocycles. The first-order valence-corrected chi connectivity index (χ1v) is 7.88. The topological polar surface area (TPSA) is 61.4 Å². The molecule has 1 aliphatic heterocycles. The third-order valence-electron chi connectivity index (χ3n) is 3.96. The van der Waals surface area contributed by atoms with E-state index < -0.39 is 0 Å². The minimum absolute atomic E-state index is 0.0459. The fourth-order valence-electron chi connectivity index (χ4n) is 2.69. The zero-order chi connectivity index (χ0) is 15.9. The highest BCUT2D eigenvalue weighted by Gasteiger charge is 2.20. The summed E-state index contributed by atoms with van der Waals surface area (Å²) in [4.78, 5) is 25.5. The summed E-state index contributed by atoms with van der Waals surface area (Å²) in [5, 5.41) is 5.96. The van der Waals surface area contributed by atoms with Crippen LogP contribution in [0.5, 0.6) is 0 Å². The van der Waals surface area contributed by atoms with Crippen molar-refractivity contribution in [3.63, 3.8) is 0 Å². The van der Waals surface area contributed by atoms with Crippen molar-refractivity contribution >= 4 is 11.8 Å². The van der Waals surface area contributed by atoms with Crippen LogP contribution in [0.1, 0.15) is 30.9 Å². The van der Waals surface area contributed by atoms with Crippen molar-refractivity contribution in [3.05, 3.63) is 35.4 Å². The van der Waals surface area contributed by atoms with Gasteiger partial charge in [0.05, 0.1) is 0 Å². The van der Waals surface area contributed by atoms with Gasteiger partial charge in [-0.3, -0.25) is 9.59 Å². The van der Waals surface area contributed by atoms with Crippen LogP contribution in [0.15, 0.2) is 24.3 Å². The highest BCUT2D eigenvalue weighted by atomic mass is 16.2. The Labute approximate surface area is 132 Å². The molecule has 0 aliphatic carbocycles. The van der Waals surface area contributed by atoms with Crippen LogP contribution in [0.2, 0.25) is 0 Å². The number of benzene rings is 1. The lowest BCUT2D eigenvalue weighted by atomic mass is 10.1. The maximum absolute atomic E-state index is 11.9. The number of amides is 2. The van der Waals surface area contributed by atoms with Gasteiger partial charge >= 0.3 is 0 Å². The number of hydrogen-bond acceptors (Lipinski definition) is 3. The van der Waals surface area contributed by atoms with Crippen molar-refractivity contribution in [2.24, 2.45) is 5.92 Å². The van der Waals surface area contributed by atoms with Gasteiger partial charge in [-0.15, -0.1) is 0 Å². The van der Waals surface area contributed by atoms with Gasteiger partial charge in [-0.1, -0.05) is 31.2 Å². The lowest BCUT2D eigenvalue weighted by Crippen LogP contribution is -2.33. The first-order valence-electron chi connectivity index (χ1n) is 7.88. The first-order chi connectivity index (χ1) is 10.6. The largest absolute Gasteiger partial charge is 0.352 e. The van der Waals surface area contributed by atoms with Crippen LogP contribution < -0.4 is 10.6 Å². The molecule has 0 saturated carbocycles. The number of rotatable bonds is 7. The van der Waals surface area contributed by atoms with Crippen LogP contribution in [0.4, 0.5) is 0 Å². The van der Waals surface area contributed by atoms with E-state index in [9.17, 15) is 9.59 Å². The van der Waals surface area contributed by atoms with Crippen molar-refractivity contribution in [1.82, 2.24) is 15.5 Å². The van der Waals surface area contributed by atoms with E-state index in [0.717, 1.165) is 24.1 Å². The maximum Gasteiger partial charge on any atom is 0.224 e. The fourth-order valence-corrected chi connectivity index (χ4v) is 2.69. The Morgan fingerprint density at radius 1 is 1.36 bits per heavy atom. The van der Waals surface area contributed by atoms with Crippen molar-refractivity contribution in [1.29, 1.82) is 0 Å². The van der Waals surface area contributed by atoms with Crippen molar-refractivity contribution < 1.29 is 9.59 Å². The third kappa shape index (κ3) is 4.56. The molecular weight excluding hydrogens is 278 g/mol. The number of carbonyl (C=O) groups excluding carboxylic acids is 2. The van der Waals surface area contributed by atoms with E-state index in [0.29, 0.717) is 26.1 Å². The average molecular weight is 303 g/mol. The van der Waals surface area contributed by atoms with Gasteiger partial charge in [0.2, 0.25) is 11.8 Å². The average Bonchev–Trinajstić information content (AvgIpc) is 2.90. The Hall–Kier alpha value is -1.88. The molecule has 1 fully saturated rings. The van der Waals surface area contributed by atoms with Crippen LogP contribution in [0.25, 0.3) is 0 Å². The van der Waals surface area contributed by atoms with Gasteiger partial charge in [0.1, 0.15) is 0 Å². The van der Waals surface area contributed by atoms with Crippen LogP contribution >= 0.6 is 0 Å². The Balaban J connectivity index is 1.88. The molecule has 2 N–H and O–H groups in total. The van der Waals surface area contributed by atoms with E-state index in [1.165, 1.54) is 0 Å². The molecule has 1 unspecified atom stereocenters. The molecule has 1 saturated heterocycles. The van der Waals surface area contributed by atoms with Gasteiger partial charge in [0.25, 0.3) is 0 Å². The van der Waals surface area contributed by atoms with Crippen molar-refractivity contribution in [2.45, 2.75) is 32.9 Å². The molecule has 5 heteroatoms. The van der Waals surface area contributed by atoms with Gasteiger partial charge in [0, 0.05) is 38.5 Å². The minimum Gasteiger partial charge on any atom is -0.352 e. The maximum atomic E-state index is 11.9. The Morgan fingerprint density at radius 2 is 2.14 bits per heavy atom. The first kappa shape index (κ1) is 16.5. The third-order valence-corrected chi connectivity index (χ3v) is 3.96. The molecule has 1 aromatic carbocycles. The highest BCUT2D eigenvalue weighted by molar-refractivity contribution is 5.78. The quantitative estimate of drug-likeness (QED) is 0.798. The number of nitrogens with zero attached hydrogens (tertiary/aromatic N) is 1. The van der Waals surface area contributed by atoms with Crippen molar-refractivity contribution in [2.75, 3.05) is 20.1 Å². The zero-order valence-electron chi connectivity index (χ0n) is 13.4. The molecule has 0 spiro atoms. The van der Waals surface area contributed by atoms with Crippen LogP contribution in [-0.2, 0) is 22.7 Å². The number of likely N-dealkylation sites (tertiary alicyclic amines) is 1. The molecule has 0 bridgehead atoms. The Morgan fingerprint density at radius 3 is 2.82 bits per heavy atom. The number of carbonyl (C=O) groups is 2. The highest BCUT2D eigenvalue weighted by Crippen LogP contribution is 2.15. The number of nitrogens with one attached hydrogen (secondary N) is 2. The molecule has 2 amide bonds. The van der Waals surface area contributed by atoms with Crippen LogP contribution in [0, 0.1) is 5.92 Å². The van der Waals surface area contributed by atoms with E-state index in [1.807, 2.05) is 37.1 Å². The second-order valence-corrected chi connectivity index (χ2v) is 5.92. The van der Waals surface area contributed by atoms with Gasteiger partial charge < -0.3 is 15.5 Å². The normalized spacial score (nSPS) is 15.9.